The predicted molar refractivity (Wildman–Crippen MR) is 67.4 cm³/mol. The lowest BCUT2D eigenvalue weighted by atomic mass is 10.0. The predicted octanol–water partition coefficient (Wildman–Crippen LogP) is 2.70. The second kappa shape index (κ2) is 9.64. The zero-order chi connectivity index (χ0) is 12.4. The molecule has 3 heteroatoms. The Labute approximate surface area is 100 Å². The van der Waals surface area contributed by atoms with Crippen molar-refractivity contribution < 1.29 is 9.53 Å². The lowest BCUT2D eigenvalue weighted by Gasteiger charge is -2.15. The molecule has 0 aromatic rings. The van der Waals surface area contributed by atoms with Crippen molar-refractivity contribution in [3.8, 4) is 0 Å². The van der Waals surface area contributed by atoms with Crippen LogP contribution in [0.4, 0.5) is 0 Å². The van der Waals surface area contributed by atoms with E-state index in [1.807, 2.05) is 19.0 Å². The Kier molecular flexibility index (Phi) is 9.30. The Morgan fingerprint density at radius 1 is 1.31 bits per heavy atom. The Morgan fingerprint density at radius 3 is 2.50 bits per heavy atom. The zero-order valence-electron chi connectivity index (χ0n) is 11.3. The Bertz CT molecular complexity index is 181. The molecule has 0 aliphatic carbocycles. The number of hydrogen-bond donors (Lipinski definition) is 0. The van der Waals surface area contributed by atoms with E-state index in [9.17, 15) is 4.79 Å². The maximum absolute atomic E-state index is 11.4. The van der Waals surface area contributed by atoms with Crippen molar-refractivity contribution >= 4 is 5.97 Å². The number of nitrogens with zero attached hydrogens (tertiary/aromatic N) is 1. The molecule has 1 unspecified atom stereocenters. The molecular weight excluding hydrogens is 202 g/mol. The lowest BCUT2D eigenvalue weighted by Crippen LogP contribution is -2.20. The second-order valence-corrected chi connectivity index (χ2v) is 4.65. The van der Waals surface area contributed by atoms with Gasteiger partial charge in [-0.05, 0) is 26.4 Å². The van der Waals surface area contributed by atoms with Crippen LogP contribution in [-0.4, -0.2) is 38.1 Å². The monoisotopic (exact) mass is 229 g/mol. The minimum absolute atomic E-state index is 0.0661. The maximum Gasteiger partial charge on any atom is 0.307 e. The van der Waals surface area contributed by atoms with Gasteiger partial charge in [-0.1, -0.05) is 33.1 Å². The Morgan fingerprint density at radius 2 is 2.00 bits per heavy atom. The van der Waals surface area contributed by atoms with Crippen LogP contribution in [0.25, 0.3) is 0 Å². The van der Waals surface area contributed by atoms with Crippen LogP contribution < -0.4 is 0 Å². The molecule has 0 aliphatic heterocycles. The van der Waals surface area contributed by atoms with E-state index in [2.05, 4.69) is 13.8 Å². The Balaban J connectivity index is 3.62. The van der Waals surface area contributed by atoms with Crippen LogP contribution in [0, 0.1) is 5.92 Å². The highest BCUT2D eigenvalue weighted by atomic mass is 16.5. The van der Waals surface area contributed by atoms with Gasteiger partial charge in [0.1, 0.15) is 0 Å². The summed E-state index contributed by atoms with van der Waals surface area (Å²) < 4.78 is 5.28. The average molecular weight is 229 g/mol. The minimum Gasteiger partial charge on any atom is -0.465 e. The van der Waals surface area contributed by atoms with Crippen molar-refractivity contribution in [1.29, 1.82) is 0 Å². The van der Waals surface area contributed by atoms with Crippen molar-refractivity contribution in [2.45, 2.75) is 46.0 Å². The highest BCUT2D eigenvalue weighted by molar-refractivity contribution is 5.69. The molecule has 0 saturated heterocycles. The molecule has 0 aromatic carbocycles. The molecule has 0 radical (unpaired) electrons. The molecule has 0 aliphatic rings. The van der Waals surface area contributed by atoms with E-state index >= 15 is 0 Å². The number of rotatable bonds is 9. The van der Waals surface area contributed by atoms with E-state index < -0.39 is 0 Å². The van der Waals surface area contributed by atoms with Gasteiger partial charge in [0.2, 0.25) is 0 Å². The van der Waals surface area contributed by atoms with Crippen LogP contribution in [0.5, 0.6) is 0 Å². The first-order valence-corrected chi connectivity index (χ1v) is 6.40. The molecule has 16 heavy (non-hydrogen) atoms. The van der Waals surface area contributed by atoms with E-state index in [0.29, 0.717) is 18.9 Å². The van der Waals surface area contributed by atoms with Crippen LogP contribution in [-0.2, 0) is 9.53 Å². The number of ether oxygens (including phenoxy) is 1. The number of carbonyl (C=O) groups excluding carboxylic acids is 1. The fourth-order valence-electron chi connectivity index (χ4n) is 1.50. The molecule has 0 heterocycles. The van der Waals surface area contributed by atoms with Crippen molar-refractivity contribution in [3.63, 3.8) is 0 Å². The molecule has 96 valence electrons. The molecule has 0 saturated carbocycles. The normalized spacial score (nSPS) is 12.8. The SMILES string of the molecule is CCCCC(CC)COC(=O)CCN(C)C. The third-order valence-corrected chi connectivity index (χ3v) is 2.79. The summed E-state index contributed by atoms with van der Waals surface area (Å²) in [7, 11) is 3.92. The molecule has 0 aromatic heterocycles. The van der Waals surface area contributed by atoms with Crippen LogP contribution in [0.3, 0.4) is 0 Å². The van der Waals surface area contributed by atoms with Gasteiger partial charge in [-0.2, -0.15) is 0 Å². The van der Waals surface area contributed by atoms with Gasteiger partial charge in [0.25, 0.3) is 0 Å². The third-order valence-electron chi connectivity index (χ3n) is 2.79. The standard InChI is InChI=1S/C13H27NO2/c1-5-7-8-12(6-2)11-16-13(15)9-10-14(3)4/h12H,5-11H2,1-4H3. The maximum atomic E-state index is 11.4. The summed E-state index contributed by atoms with van der Waals surface area (Å²) in [6, 6.07) is 0. The largest absolute Gasteiger partial charge is 0.465 e. The van der Waals surface area contributed by atoms with E-state index in [4.69, 9.17) is 4.74 Å². The van der Waals surface area contributed by atoms with Gasteiger partial charge in [0.15, 0.2) is 0 Å². The second-order valence-electron chi connectivity index (χ2n) is 4.65. The minimum atomic E-state index is -0.0661. The van der Waals surface area contributed by atoms with Crippen LogP contribution in [0.2, 0.25) is 0 Å². The van der Waals surface area contributed by atoms with Gasteiger partial charge in [-0.3, -0.25) is 4.79 Å². The summed E-state index contributed by atoms with van der Waals surface area (Å²) in [4.78, 5) is 13.4. The summed E-state index contributed by atoms with van der Waals surface area (Å²) in [5.41, 5.74) is 0. The molecule has 0 spiro atoms. The first-order chi connectivity index (χ1) is 7.60. The van der Waals surface area contributed by atoms with Crippen LogP contribution in [0.1, 0.15) is 46.0 Å². The van der Waals surface area contributed by atoms with Crippen molar-refractivity contribution in [3.05, 3.63) is 0 Å². The lowest BCUT2D eigenvalue weighted by molar-refractivity contribution is -0.145. The summed E-state index contributed by atoms with van der Waals surface area (Å²) >= 11 is 0. The fraction of sp³-hybridized carbons (Fsp3) is 0.923. The topological polar surface area (TPSA) is 29.5 Å². The molecule has 0 N–H and O–H groups in total. The molecule has 0 amide bonds. The molecule has 0 rings (SSSR count). The fourth-order valence-corrected chi connectivity index (χ4v) is 1.50. The summed E-state index contributed by atoms with van der Waals surface area (Å²) in [6.07, 6.45) is 5.21. The third kappa shape index (κ3) is 8.72. The van der Waals surface area contributed by atoms with Crippen molar-refractivity contribution in [2.24, 2.45) is 5.92 Å². The van der Waals surface area contributed by atoms with Gasteiger partial charge in [-0.15, -0.1) is 0 Å². The first-order valence-electron chi connectivity index (χ1n) is 6.40. The molecule has 0 fully saturated rings. The van der Waals surface area contributed by atoms with Gasteiger partial charge in [0.05, 0.1) is 13.0 Å². The smallest absolute Gasteiger partial charge is 0.307 e. The van der Waals surface area contributed by atoms with Crippen LogP contribution in [0.15, 0.2) is 0 Å². The van der Waals surface area contributed by atoms with Gasteiger partial charge >= 0.3 is 5.97 Å². The van der Waals surface area contributed by atoms with Gasteiger partial charge in [-0.25, -0.2) is 0 Å². The van der Waals surface area contributed by atoms with E-state index in [-0.39, 0.29) is 5.97 Å². The van der Waals surface area contributed by atoms with Crippen molar-refractivity contribution in [1.82, 2.24) is 4.90 Å². The quantitative estimate of drug-likeness (QED) is 0.569. The van der Waals surface area contributed by atoms with Gasteiger partial charge < -0.3 is 9.64 Å². The van der Waals surface area contributed by atoms with Crippen molar-refractivity contribution in [2.75, 3.05) is 27.2 Å². The van der Waals surface area contributed by atoms with Crippen LogP contribution >= 0.6 is 0 Å². The molecule has 3 nitrogen and oxygen atoms in total. The summed E-state index contributed by atoms with van der Waals surface area (Å²) in [6.45, 7) is 5.72. The van der Waals surface area contributed by atoms with E-state index in [1.165, 1.54) is 19.3 Å². The molecule has 1 atom stereocenters. The van der Waals surface area contributed by atoms with E-state index in [1.54, 1.807) is 0 Å². The zero-order valence-corrected chi connectivity index (χ0v) is 11.3. The number of esters is 1. The molecular formula is C13H27NO2. The highest BCUT2D eigenvalue weighted by Gasteiger charge is 2.09. The Hall–Kier alpha value is -0.570. The number of carbonyl (C=O) groups is 1. The van der Waals surface area contributed by atoms with Gasteiger partial charge in [0, 0.05) is 6.54 Å². The molecule has 0 bridgehead atoms. The average Bonchev–Trinajstić information content (AvgIpc) is 2.26. The first kappa shape index (κ1) is 15.4. The number of unbranched alkanes of at least 4 members (excludes halogenated alkanes) is 1. The van der Waals surface area contributed by atoms with E-state index in [0.717, 1.165) is 13.0 Å². The summed E-state index contributed by atoms with van der Waals surface area (Å²) in [5, 5.41) is 0. The number of hydrogen-bond acceptors (Lipinski definition) is 3. The highest BCUT2D eigenvalue weighted by Crippen LogP contribution is 2.13. The summed E-state index contributed by atoms with van der Waals surface area (Å²) in [5.74, 6) is 0.479.